The van der Waals surface area contributed by atoms with Crippen molar-refractivity contribution in [3.63, 3.8) is 0 Å². The van der Waals surface area contributed by atoms with Crippen LogP contribution in [-0.2, 0) is 11.3 Å². The van der Waals surface area contributed by atoms with Crippen LogP contribution in [0.5, 0.6) is 0 Å². The van der Waals surface area contributed by atoms with E-state index in [2.05, 4.69) is 15.1 Å². The first-order valence-corrected chi connectivity index (χ1v) is 4.98. The SMILES string of the molecule is Cc1nnc(CN2CCN(C=O)CC2)o1. The monoisotopic (exact) mass is 210 g/mol. The van der Waals surface area contributed by atoms with Crippen molar-refractivity contribution in [3.8, 4) is 0 Å². The maximum absolute atomic E-state index is 10.5. The summed E-state index contributed by atoms with van der Waals surface area (Å²) in [5.41, 5.74) is 0. The normalized spacial score (nSPS) is 18.1. The third-order valence-corrected chi connectivity index (χ3v) is 2.48. The number of rotatable bonds is 3. The van der Waals surface area contributed by atoms with E-state index in [1.807, 2.05) is 0 Å². The molecule has 2 rings (SSSR count). The fourth-order valence-electron chi connectivity index (χ4n) is 1.62. The van der Waals surface area contributed by atoms with Crippen LogP contribution in [0.4, 0.5) is 0 Å². The van der Waals surface area contributed by atoms with Gasteiger partial charge < -0.3 is 9.32 Å². The number of aromatic nitrogens is 2. The lowest BCUT2D eigenvalue weighted by atomic mass is 10.3. The fraction of sp³-hybridized carbons (Fsp3) is 0.667. The average molecular weight is 210 g/mol. The average Bonchev–Trinajstić information content (AvgIpc) is 2.65. The number of amides is 1. The summed E-state index contributed by atoms with van der Waals surface area (Å²) in [5, 5.41) is 7.71. The first kappa shape index (κ1) is 10.1. The summed E-state index contributed by atoms with van der Waals surface area (Å²) >= 11 is 0. The summed E-state index contributed by atoms with van der Waals surface area (Å²) in [6, 6.07) is 0. The number of piperazine rings is 1. The van der Waals surface area contributed by atoms with Crippen molar-refractivity contribution in [3.05, 3.63) is 11.8 Å². The van der Waals surface area contributed by atoms with Crippen LogP contribution in [0.3, 0.4) is 0 Å². The van der Waals surface area contributed by atoms with Gasteiger partial charge in [-0.15, -0.1) is 10.2 Å². The summed E-state index contributed by atoms with van der Waals surface area (Å²) in [6.07, 6.45) is 0.897. The highest BCUT2D eigenvalue weighted by Gasteiger charge is 2.17. The van der Waals surface area contributed by atoms with Gasteiger partial charge in [-0.3, -0.25) is 9.69 Å². The molecular formula is C9H14N4O2. The number of hydrogen-bond donors (Lipinski definition) is 0. The van der Waals surface area contributed by atoms with Gasteiger partial charge in [0.15, 0.2) is 0 Å². The van der Waals surface area contributed by atoms with Gasteiger partial charge in [0.05, 0.1) is 6.54 Å². The number of carbonyl (C=O) groups excluding carboxylic acids is 1. The molecule has 6 heteroatoms. The Labute approximate surface area is 87.9 Å². The molecule has 1 amide bonds. The van der Waals surface area contributed by atoms with Crippen molar-refractivity contribution in [2.24, 2.45) is 0 Å². The molecule has 82 valence electrons. The highest BCUT2D eigenvalue weighted by molar-refractivity contribution is 5.47. The Morgan fingerprint density at radius 1 is 1.33 bits per heavy atom. The Hall–Kier alpha value is -1.43. The van der Waals surface area contributed by atoms with E-state index in [1.54, 1.807) is 11.8 Å². The van der Waals surface area contributed by atoms with Gasteiger partial charge in [0.1, 0.15) is 0 Å². The van der Waals surface area contributed by atoms with Gasteiger partial charge in [-0.05, 0) is 0 Å². The van der Waals surface area contributed by atoms with E-state index in [0.29, 0.717) is 18.3 Å². The van der Waals surface area contributed by atoms with Crippen LogP contribution in [0.1, 0.15) is 11.8 Å². The van der Waals surface area contributed by atoms with E-state index >= 15 is 0 Å². The lowest BCUT2D eigenvalue weighted by molar-refractivity contribution is -0.119. The molecule has 2 heterocycles. The van der Waals surface area contributed by atoms with Gasteiger partial charge >= 0.3 is 0 Å². The zero-order chi connectivity index (χ0) is 10.7. The van der Waals surface area contributed by atoms with E-state index in [4.69, 9.17) is 4.42 Å². The van der Waals surface area contributed by atoms with Gasteiger partial charge in [0.2, 0.25) is 18.2 Å². The summed E-state index contributed by atoms with van der Waals surface area (Å²) in [6.45, 7) is 5.72. The predicted octanol–water partition coefficient (Wildman–Crippen LogP) is -0.348. The molecule has 0 aromatic carbocycles. The molecule has 1 aliphatic heterocycles. The highest BCUT2D eigenvalue weighted by Crippen LogP contribution is 2.06. The second kappa shape index (κ2) is 4.39. The molecular weight excluding hydrogens is 196 g/mol. The van der Waals surface area contributed by atoms with Crippen LogP contribution in [0.25, 0.3) is 0 Å². The molecule has 0 aliphatic carbocycles. The van der Waals surface area contributed by atoms with Crippen molar-refractivity contribution in [1.82, 2.24) is 20.0 Å². The van der Waals surface area contributed by atoms with E-state index in [9.17, 15) is 4.79 Å². The number of hydrogen-bond acceptors (Lipinski definition) is 5. The minimum Gasteiger partial charge on any atom is -0.424 e. The van der Waals surface area contributed by atoms with Crippen LogP contribution in [-0.4, -0.2) is 52.6 Å². The van der Waals surface area contributed by atoms with Gasteiger partial charge in [0, 0.05) is 33.1 Å². The summed E-state index contributed by atoms with van der Waals surface area (Å²) in [5.74, 6) is 1.24. The summed E-state index contributed by atoms with van der Waals surface area (Å²) in [4.78, 5) is 14.5. The van der Waals surface area contributed by atoms with Crippen molar-refractivity contribution in [2.75, 3.05) is 26.2 Å². The second-order valence-electron chi connectivity index (χ2n) is 3.63. The zero-order valence-electron chi connectivity index (χ0n) is 8.72. The van der Waals surface area contributed by atoms with Crippen molar-refractivity contribution >= 4 is 6.41 Å². The van der Waals surface area contributed by atoms with Crippen LogP contribution in [0.15, 0.2) is 4.42 Å². The minimum atomic E-state index is 0.594. The van der Waals surface area contributed by atoms with E-state index in [-0.39, 0.29) is 0 Å². The molecule has 1 aromatic rings. The second-order valence-corrected chi connectivity index (χ2v) is 3.63. The Kier molecular flexibility index (Phi) is 2.96. The molecule has 0 radical (unpaired) electrons. The molecule has 1 fully saturated rings. The first-order chi connectivity index (χ1) is 7.28. The molecule has 0 spiro atoms. The third-order valence-electron chi connectivity index (χ3n) is 2.48. The van der Waals surface area contributed by atoms with Gasteiger partial charge in [-0.1, -0.05) is 0 Å². The van der Waals surface area contributed by atoms with Crippen LogP contribution in [0.2, 0.25) is 0 Å². The molecule has 0 saturated carbocycles. The van der Waals surface area contributed by atoms with Crippen molar-refractivity contribution in [2.45, 2.75) is 13.5 Å². The van der Waals surface area contributed by atoms with Gasteiger partial charge in [0.25, 0.3) is 0 Å². The van der Waals surface area contributed by atoms with Crippen molar-refractivity contribution in [1.29, 1.82) is 0 Å². The van der Waals surface area contributed by atoms with E-state index in [0.717, 1.165) is 32.6 Å². The molecule has 6 nitrogen and oxygen atoms in total. The summed E-state index contributed by atoms with van der Waals surface area (Å²) < 4.78 is 5.29. The highest BCUT2D eigenvalue weighted by atomic mass is 16.4. The predicted molar refractivity (Wildman–Crippen MR) is 51.9 cm³/mol. The minimum absolute atomic E-state index is 0.594. The third kappa shape index (κ3) is 2.53. The lowest BCUT2D eigenvalue weighted by Gasteiger charge is -2.31. The summed E-state index contributed by atoms with van der Waals surface area (Å²) in [7, 11) is 0. The maximum Gasteiger partial charge on any atom is 0.230 e. The van der Waals surface area contributed by atoms with Crippen LogP contribution in [0, 0.1) is 6.92 Å². The Bertz CT molecular complexity index is 331. The van der Waals surface area contributed by atoms with Gasteiger partial charge in [-0.2, -0.15) is 0 Å². The van der Waals surface area contributed by atoms with Crippen LogP contribution >= 0.6 is 0 Å². The Balaban J connectivity index is 1.84. The number of carbonyl (C=O) groups is 1. The van der Waals surface area contributed by atoms with E-state index in [1.165, 1.54) is 0 Å². The van der Waals surface area contributed by atoms with Gasteiger partial charge in [-0.25, -0.2) is 0 Å². The zero-order valence-corrected chi connectivity index (χ0v) is 8.72. The lowest BCUT2D eigenvalue weighted by Crippen LogP contribution is -2.45. The number of aryl methyl sites for hydroxylation is 1. The molecule has 15 heavy (non-hydrogen) atoms. The molecule has 0 bridgehead atoms. The quantitative estimate of drug-likeness (QED) is 0.638. The topological polar surface area (TPSA) is 62.5 Å². The fourth-order valence-corrected chi connectivity index (χ4v) is 1.62. The molecule has 1 aromatic heterocycles. The standard InChI is InChI=1S/C9H14N4O2/c1-8-10-11-9(15-8)6-12-2-4-13(7-14)5-3-12/h7H,2-6H2,1H3. The molecule has 0 unspecified atom stereocenters. The number of nitrogens with zero attached hydrogens (tertiary/aromatic N) is 4. The molecule has 1 saturated heterocycles. The maximum atomic E-state index is 10.5. The largest absolute Gasteiger partial charge is 0.424 e. The Morgan fingerprint density at radius 3 is 2.60 bits per heavy atom. The smallest absolute Gasteiger partial charge is 0.230 e. The van der Waals surface area contributed by atoms with Crippen molar-refractivity contribution < 1.29 is 9.21 Å². The van der Waals surface area contributed by atoms with Crippen LogP contribution < -0.4 is 0 Å². The molecule has 1 aliphatic rings. The Morgan fingerprint density at radius 2 is 2.07 bits per heavy atom. The molecule has 0 atom stereocenters. The van der Waals surface area contributed by atoms with E-state index < -0.39 is 0 Å². The molecule has 0 N–H and O–H groups in total. The first-order valence-electron chi connectivity index (χ1n) is 4.98.